The van der Waals surface area contributed by atoms with Crippen LogP contribution in [0.25, 0.3) is 10.9 Å². The number of rotatable bonds is 7. The lowest BCUT2D eigenvalue weighted by Crippen LogP contribution is -2.46. The number of hydrogen-bond donors (Lipinski definition) is 3. The molecule has 0 saturated carbocycles. The van der Waals surface area contributed by atoms with E-state index in [1.807, 2.05) is 23.1 Å². The average Bonchev–Trinajstić information content (AvgIpc) is 3.61. The van der Waals surface area contributed by atoms with Crippen LogP contribution in [0.5, 0.6) is 0 Å². The molecule has 3 fully saturated rings. The van der Waals surface area contributed by atoms with E-state index < -0.39 is 6.10 Å². The molecule has 4 aliphatic heterocycles. The van der Waals surface area contributed by atoms with Crippen LogP contribution in [0, 0.1) is 5.92 Å². The number of carbonyl (C=O) groups excluding carboxylic acids is 1. The first-order valence-corrected chi connectivity index (χ1v) is 15.5. The molecule has 3 aromatic heterocycles. The largest absolute Gasteiger partial charge is 0.395 e. The summed E-state index contributed by atoms with van der Waals surface area (Å²) in [6, 6.07) is 6.82. The Balaban J connectivity index is 1.09. The third kappa shape index (κ3) is 5.18. The Hall–Kier alpha value is -3.41. The summed E-state index contributed by atoms with van der Waals surface area (Å²) in [5.41, 5.74) is 3.50. The Bertz CT molecular complexity index is 1460. The summed E-state index contributed by atoms with van der Waals surface area (Å²) in [4.78, 5) is 39.2. The number of anilines is 3. The Morgan fingerprint density at radius 1 is 1.10 bits per heavy atom. The van der Waals surface area contributed by atoms with Crippen molar-refractivity contribution in [2.75, 3.05) is 43.0 Å². The zero-order valence-electron chi connectivity index (χ0n) is 24.2. The number of nitrogens with one attached hydrogen (secondary N) is 1. The van der Waals surface area contributed by atoms with Crippen molar-refractivity contribution in [1.82, 2.24) is 29.7 Å². The van der Waals surface area contributed by atoms with Crippen molar-refractivity contribution in [1.29, 1.82) is 0 Å². The number of pyridine rings is 2. The molecule has 1 amide bonds. The molecule has 7 heterocycles. The Morgan fingerprint density at radius 2 is 1.90 bits per heavy atom. The van der Waals surface area contributed by atoms with E-state index in [2.05, 4.69) is 20.1 Å². The molecule has 4 aliphatic rings. The van der Waals surface area contributed by atoms with Gasteiger partial charge in [0.05, 0.1) is 24.3 Å². The van der Waals surface area contributed by atoms with E-state index in [-0.39, 0.29) is 18.4 Å². The number of nitrogens with zero attached hydrogens (tertiary/aromatic N) is 7. The first-order valence-electron chi connectivity index (χ1n) is 15.5. The van der Waals surface area contributed by atoms with Crippen molar-refractivity contribution in [3.05, 3.63) is 41.3 Å². The number of fused-ring (bicyclic) bond motifs is 4. The molecule has 7 rings (SSSR count). The number of amides is 1. The highest BCUT2D eigenvalue weighted by Gasteiger charge is 2.41. The smallest absolute Gasteiger partial charge is 0.229 e. The van der Waals surface area contributed by atoms with Crippen LogP contribution in [0.4, 0.5) is 17.6 Å². The van der Waals surface area contributed by atoms with Gasteiger partial charge in [-0.1, -0.05) is 6.07 Å². The lowest BCUT2D eigenvalue weighted by Gasteiger charge is -2.36. The van der Waals surface area contributed by atoms with Gasteiger partial charge in [0, 0.05) is 62.0 Å². The molecule has 0 spiro atoms. The molecule has 11 nitrogen and oxygen atoms in total. The summed E-state index contributed by atoms with van der Waals surface area (Å²) in [6.45, 7) is 5.42. The highest BCUT2D eigenvalue weighted by atomic mass is 16.3. The summed E-state index contributed by atoms with van der Waals surface area (Å²) in [7, 11) is 0. The fourth-order valence-corrected chi connectivity index (χ4v) is 7.40. The number of aliphatic hydroxyl groups is 2. The van der Waals surface area contributed by atoms with Gasteiger partial charge in [0.25, 0.3) is 0 Å². The Labute approximate surface area is 246 Å². The molecule has 2 atom stereocenters. The zero-order chi connectivity index (χ0) is 28.8. The summed E-state index contributed by atoms with van der Waals surface area (Å²) in [5.74, 6) is 2.20. The minimum absolute atomic E-state index is 0.00222. The van der Waals surface area contributed by atoms with Gasteiger partial charge in [-0.15, -0.1) is 0 Å². The maximum atomic E-state index is 13.3. The van der Waals surface area contributed by atoms with Gasteiger partial charge in [-0.3, -0.25) is 4.79 Å². The number of β-amino-alcohol motifs (C(OH)–C–C–N with tert-alkyl or cyclic N) is 1. The van der Waals surface area contributed by atoms with Crippen molar-refractivity contribution >= 4 is 34.4 Å². The van der Waals surface area contributed by atoms with Crippen LogP contribution >= 0.6 is 0 Å². The summed E-state index contributed by atoms with van der Waals surface area (Å²) in [5, 5.41) is 23.8. The normalized spacial score (nSPS) is 24.7. The van der Waals surface area contributed by atoms with E-state index in [0.29, 0.717) is 55.6 Å². The molecular weight excluding hydrogens is 532 g/mol. The van der Waals surface area contributed by atoms with E-state index in [1.165, 1.54) is 25.7 Å². The fraction of sp³-hybridized carbons (Fsp3) is 0.581. The second-order valence-corrected chi connectivity index (χ2v) is 12.3. The average molecular weight is 573 g/mol. The maximum absolute atomic E-state index is 13.3. The maximum Gasteiger partial charge on any atom is 0.229 e. The van der Waals surface area contributed by atoms with Gasteiger partial charge in [0.1, 0.15) is 11.3 Å². The molecule has 3 N–H and O–H groups in total. The van der Waals surface area contributed by atoms with E-state index in [9.17, 15) is 15.0 Å². The van der Waals surface area contributed by atoms with Crippen molar-refractivity contribution in [3.8, 4) is 0 Å². The molecular formula is C31H40N8O3. The monoisotopic (exact) mass is 572 g/mol. The van der Waals surface area contributed by atoms with Crippen LogP contribution in [-0.2, 0) is 17.8 Å². The molecule has 222 valence electrons. The summed E-state index contributed by atoms with van der Waals surface area (Å²) in [6.07, 6.45) is 8.44. The second kappa shape index (κ2) is 11.3. The van der Waals surface area contributed by atoms with Crippen LogP contribution in [0.2, 0.25) is 0 Å². The van der Waals surface area contributed by atoms with Crippen molar-refractivity contribution in [2.45, 2.75) is 76.6 Å². The van der Waals surface area contributed by atoms with Crippen molar-refractivity contribution in [3.63, 3.8) is 0 Å². The highest BCUT2D eigenvalue weighted by molar-refractivity contribution is 5.90. The SMILES string of the molecule is CC(O)c1cc2cnc(Nc3ccc4c(n3)CCN(C(=O)[C@H]3CCCN(CCO)C3)C4)nc2c(N2C3CCC2CC3)n1. The fourth-order valence-electron chi connectivity index (χ4n) is 7.40. The van der Waals surface area contributed by atoms with Crippen molar-refractivity contribution < 1.29 is 15.0 Å². The van der Waals surface area contributed by atoms with Gasteiger partial charge in [0.15, 0.2) is 5.82 Å². The minimum atomic E-state index is -0.666. The molecule has 0 aromatic carbocycles. The van der Waals surface area contributed by atoms with E-state index in [0.717, 1.165) is 53.9 Å². The Morgan fingerprint density at radius 3 is 2.67 bits per heavy atom. The number of piperidine rings is 1. The van der Waals surface area contributed by atoms with Gasteiger partial charge in [-0.25, -0.2) is 19.9 Å². The number of carbonyl (C=O) groups is 1. The van der Waals surface area contributed by atoms with Crippen molar-refractivity contribution in [2.24, 2.45) is 5.92 Å². The predicted molar refractivity (Wildman–Crippen MR) is 159 cm³/mol. The summed E-state index contributed by atoms with van der Waals surface area (Å²) >= 11 is 0. The molecule has 3 aromatic rings. The third-order valence-corrected chi connectivity index (χ3v) is 9.56. The molecule has 42 heavy (non-hydrogen) atoms. The quantitative estimate of drug-likeness (QED) is 0.388. The molecule has 1 unspecified atom stereocenters. The van der Waals surface area contributed by atoms with Gasteiger partial charge >= 0.3 is 0 Å². The molecule has 0 aliphatic carbocycles. The first kappa shape index (κ1) is 27.4. The van der Waals surface area contributed by atoms with Crippen LogP contribution < -0.4 is 10.2 Å². The van der Waals surface area contributed by atoms with E-state index in [4.69, 9.17) is 15.0 Å². The van der Waals surface area contributed by atoms with Crippen LogP contribution in [0.3, 0.4) is 0 Å². The standard InChI is InChI=1S/C31H40N8O3/c1-19(41)26-15-22-16-32-31(36-28(22)29(34-26)39-23-5-6-24(39)8-7-23)35-27-9-4-20-18-38(12-10-25(20)33-27)30(42)21-3-2-11-37(17-21)13-14-40/h4,9,15-16,19,21,23-24,40-41H,2-3,5-8,10-14,17-18H2,1H3,(H,32,33,35,36)/t19?,21-,23?,24?/m0/s1. The molecule has 2 bridgehead atoms. The van der Waals surface area contributed by atoms with Crippen LogP contribution in [0.1, 0.15) is 68.5 Å². The van der Waals surface area contributed by atoms with Gasteiger partial charge in [0.2, 0.25) is 11.9 Å². The van der Waals surface area contributed by atoms with Gasteiger partial charge < -0.3 is 30.2 Å². The van der Waals surface area contributed by atoms with Gasteiger partial charge in [-0.2, -0.15) is 0 Å². The number of aromatic nitrogens is 4. The number of aliphatic hydroxyl groups excluding tert-OH is 2. The number of likely N-dealkylation sites (tertiary alicyclic amines) is 1. The highest BCUT2D eigenvalue weighted by Crippen LogP contribution is 2.42. The molecule has 11 heteroatoms. The Kier molecular flexibility index (Phi) is 7.41. The van der Waals surface area contributed by atoms with Crippen LogP contribution in [0.15, 0.2) is 24.4 Å². The third-order valence-electron chi connectivity index (χ3n) is 9.56. The topological polar surface area (TPSA) is 131 Å². The summed E-state index contributed by atoms with van der Waals surface area (Å²) < 4.78 is 0. The minimum Gasteiger partial charge on any atom is -0.395 e. The van der Waals surface area contributed by atoms with Gasteiger partial charge in [-0.05, 0) is 69.7 Å². The zero-order valence-corrected chi connectivity index (χ0v) is 24.2. The van der Waals surface area contributed by atoms with E-state index in [1.54, 1.807) is 13.1 Å². The van der Waals surface area contributed by atoms with Crippen LogP contribution in [-0.4, -0.2) is 90.7 Å². The lowest BCUT2D eigenvalue weighted by atomic mass is 9.95. The molecule has 0 radical (unpaired) electrons. The number of hydrogen-bond acceptors (Lipinski definition) is 10. The van der Waals surface area contributed by atoms with E-state index >= 15 is 0 Å². The predicted octanol–water partition coefficient (Wildman–Crippen LogP) is 2.94. The lowest BCUT2D eigenvalue weighted by molar-refractivity contribution is -0.138. The molecule has 3 saturated heterocycles. The first-order chi connectivity index (χ1) is 20.5. The second-order valence-electron chi connectivity index (χ2n) is 12.3.